The number of aromatic nitrogens is 2. The molecule has 31 heavy (non-hydrogen) atoms. The van der Waals surface area contributed by atoms with Gasteiger partial charge in [0.1, 0.15) is 0 Å². The summed E-state index contributed by atoms with van der Waals surface area (Å²) in [7, 11) is 0. The lowest BCUT2D eigenvalue weighted by atomic mass is 9.98. The molecule has 0 atom stereocenters. The summed E-state index contributed by atoms with van der Waals surface area (Å²) in [5.74, 6) is 0.394. The van der Waals surface area contributed by atoms with Gasteiger partial charge in [0.25, 0.3) is 0 Å². The number of allylic oxidation sites excluding steroid dienone is 1. The van der Waals surface area contributed by atoms with Crippen LogP contribution in [0.5, 0.6) is 0 Å². The number of hydrogen-bond acceptors (Lipinski definition) is 4. The standard InChI is InChI=1S/C25H22N4O2/c30-24(15-27-25(31)28-19-4-2-1-3-5-19)18-9-6-16-10-11-20(21(16)12-18)23-14-26-13-22(29-23)17-7-8-17/h1-6,9,11-14,17H,7-8,10,15H2,(H2,27,28,31). The van der Waals surface area contributed by atoms with Crippen LogP contribution in [0, 0.1) is 0 Å². The first-order valence-electron chi connectivity index (χ1n) is 10.5. The van der Waals surface area contributed by atoms with Crippen LogP contribution in [0.4, 0.5) is 10.5 Å². The molecule has 0 bridgehead atoms. The molecule has 6 heteroatoms. The van der Waals surface area contributed by atoms with Gasteiger partial charge in [-0.3, -0.25) is 9.78 Å². The molecule has 3 aromatic rings. The zero-order valence-electron chi connectivity index (χ0n) is 17.0. The fourth-order valence-electron chi connectivity index (χ4n) is 3.79. The van der Waals surface area contributed by atoms with E-state index in [9.17, 15) is 9.59 Å². The van der Waals surface area contributed by atoms with Crippen molar-refractivity contribution in [2.75, 3.05) is 11.9 Å². The predicted octanol–water partition coefficient (Wildman–Crippen LogP) is 4.35. The molecule has 5 rings (SSSR count). The highest BCUT2D eigenvalue weighted by molar-refractivity contribution is 6.01. The molecule has 6 nitrogen and oxygen atoms in total. The lowest BCUT2D eigenvalue weighted by Crippen LogP contribution is -2.33. The van der Waals surface area contributed by atoms with E-state index in [0.29, 0.717) is 17.2 Å². The Kier molecular flexibility index (Phi) is 5.04. The summed E-state index contributed by atoms with van der Waals surface area (Å²) in [6, 6.07) is 14.4. The van der Waals surface area contributed by atoms with Crippen molar-refractivity contribution in [2.45, 2.75) is 25.2 Å². The lowest BCUT2D eigenvalue weighted by molar-refractivity contribution is 0.0993. The van der Waals surface area contributed by atoms with E-state index in [1.54, 1.807) is 18.3 Å². The normalized spacial score (nSPS) is 14.5. The maximum Gasteiger partial charge on any atom is 0.319 e. The van der Waals surface area contributed by atoms with Gasteiger partial charge in [0.05, 0.1) is 24.1 Å². The Labute approximate surface area is 180 Å². The number of rotatable bonds is 6. The molecule has 0 spiro atoms. The predicted molar refractivity (Wildman–Crippen MR) is 119 cm³/mol. The second kappa shape index (κ2) is 8.14. The van der Waals surface area contributed by atoms with Crippen LogP contribution in [0.15, 0.2) is 67.0 Å². The molecule has 2 aliphatic rings. The quantitative estimate of drug-likeness (QED) is 0.592. The number of fused-ring (bicyclic) bond motifs is 1. The van der Waals surface area contributed by atoms with Crippen molar-refractivity contribution in [1.29, 1.82) is 0 Å². The van der Waals surface area contributed by atoms with Crippen LogP contribution in [0.25, 0.3) is 5.57 Å². The van der Waals surface area contributed by atoms with Gasteiger partial charge in [-0.25, -0.2) is 9.78 Å². The van der Waals surface area contributed by atoms with Crippen LogP contribution in [-0.2, 0) is 6.42 Å². The van der Waals surface area contributed by atoms with Crippen molar-refractivity contribution in [3.05, 3.63) is 95.1 Å². The minimum Gasteiger partial charge on any atom is -0.330 e. The van der Waals surface area contributed by atoms with E-state index in [0.717, 1.165) is 28.9 Å². The van der Waals surface area contributed by atoms with Crippen LogP contribution in [-0.4, -0.2) is 28.3 Å². The number of urea groups is 1. The van der Waals surface area contributed by atoms with E-state index < -0.39 is 6.03 Å². The maximum absolute atomic E-state index is 12.7. The van der Waals surface area contributed by atoms with Gasteiger partial charge in [-0.1, -0.05) is 36.4 Å². The van der Waals surface area contributed by atoms with Crippen molar-refractivity contribution < 1.29 is 9.59 Å². The Morgan fingerprint density at radius 1 is 1.03 bits per heavy atom. The first kappa shape index (κ1) is 19.2. The summed E-state index contributed by atoms with van der Waals surface area (Å²) in [6.07, 6.45) is 8.95. The number of carbonyl (C=O) groups excluding carboxylic acids is 2. The van der Waals surface area contributed by atoms with Crippen molar-refractivity contribution >= 4 is 23.1 Å². The van der Waals surface area contributed by atoms with Gasteiger partial charge in [-0.05, 0) is 48.6 Å². The molecule has 2 N–H and O–H groups in total. The molecule has 1 heterocycles. The summed E-state index contributed by atoms with van der Waals surface area (Å²) in [6.45, 7) is -0.0759. The van der Waals surface area contributed by atoms with E-state index >= 15 is 0 Å². The van der Waals surface area contributed by atoms with Gasteiger partial charge < -0.3 is 10.6 Å². The molecule has 0 saturated heterocycles. The third kappa shape index (κ3) is 4.23. The second-order valence-electron chi connectivity index (χ2n) is 7.89. The zero-order valence-corrected chi connectivity index (χ0v) is 17.0. The van der Waals surface area contributed by atoms with E-state index in [4.69, 9.17) is 4.98 Å². The monoisotopic (exact) mass is 410 g/mol. The molecule has 2 amide bonds. The Bertz CT molecular complexity index is 1180. The third-order valence-corrected chi connectivity index (χ3v) is 5.61. The number of para-hydroxylation sites is 1. The zero-order chi connectivity index (χ0) is 21.2. The Morgan fingerprint density at radius 2 is 1.87 bits per heavy atom. The number of hydrogen-bond donors (Lipinski definition) is 2. The summed E-state index contributed by atoms with van der Waals surface area (Å²) in [5, 5.41) is 5.34. The number of nitrogens with one attached hydrogen (secondary N) is 2. The van der Waals surface area contributed by atoms with Gasteiger partial charge >= 0.3 is 6.03 Å². The smallest absolute Gasteiger partial charge is 0.319 e. The van der Waals surface area contributed by atoms with E-state index in [2.05, 4.69) is 21.7 Å². The summed E-state index contributed by atoms with van der Waals surface area (Å²) in [4.78, 5) is 34.0. The Morgan fingerprint density at radius 3 is 2.68 bits per heavy atom. The molecular formula is C25H22N4O2. The number of amides is 2. The van der Waals surface area contributed by atoms with Gasteiger partial charge in [0, 0.05) is 28.9 Å². The highest BCUT2D eigenvalue weighted by Crippen LogP contribution is 2.40. The van der Waals surface area contributed by atoms with Crippen LogP contribution in [0.1, 0.15) is 51.6 Å². The van der Waals surface area contributed by atoms with Crippen LogP contribution >= 0.6 is 0 Å². The first-order valence-corrected chi connectivity index (χ1v) is 10.5. The van der Waals surface area contributed by atoms with E-state index in [1.165, 1.54) is 18.4 Å². The summed E-state index contributed by atoms with van der Waals surface area (Å²) < 4.78 is 0. The molecule has 1 fully saturated rings. The third-order valence-electron chi connectivity index (χ3n) is 5.61. The number of ketones is 1. The summed E-state index contributed by atoms with van der Waals surface area (Å²) >= 11 is 0. The van der Waals surface area contributed by atoms with Crippen molar-refractivity contribution in [3.8, 4) is 0 Å². The molecule has 154 valence electrons. The van der Waals surface area contributed by atoms with Crippen LogP contribution < -0.4 is 10.6 Å². The fraction of sp³-hybridized carbons (Fsp3) is 0.200. The van der Waals surface area contributed by atoms with Gasteiger partial charge in [-0.2, -0.15) is 0 Å². The molecule has 0 aliphatic heterocycles. The summed E-state index contributed by atoms with van der Waals surface area (Å²) in [5.41, 5.74) is 6.35. The molecule has 0 unspecified atom stereocenters. The average molecular weight is 410 g/mol. The van der Waals surface area contributed by atoms with E-state index in [-0.39, 0.29) is 12.3 Å². The molecular weight excluding hydrogens is 388 g/mol. The van der Waals surface area contributed by atoms with Crippen LogP contribution in [0.3, 0.4) is 0 Å². The molecule has 2 aliphatic carbocycles. The molecule has 1 aromatic heterocycles. The highest BCUT2D eigenvalue weighted by Gasteiger charge is 2.26. The van der Waals surface area contributed by atoms with Crippen molar-refractivity contribution in [3.63, 3.8) is 0 Å². The van der Waals surface area contributed by atoms with Crippen molar-refractivity contribution in [2.24, 2.45) is 0 Å². The minimum atomic E-state index is -0.409. The maximum atomic E-state index is 12.7. The molecule has 1 saturated carbocycles. The largest absolute Gasteiger partial charge is 0.330 e. The number of carbonyl (C=O) groups is 2. The van der Waals surface area contributed by atoms with Gasteiger partial charge in [0.15, 0.2) is 5.78 Å². The second-order valence-corrected chi connectivity index (χ2v) is 7.89. The minimum absolute atomic E-state index is 0.0759. The number of benzene rings is 2. The average Bonchev–Trinajstić information content (AvgIpc) is 3.57. The SMILES string of the molecule is O=C(NCC(=O)c1ccc2c(c1)C(c1cncc(C3CC3)n1)=CC2)Nc1ccccc1. The number of nitrogens with zero attached hydrogens (tertiary/aromatic N) is 2. The molecule has 0 radical (unpaired) electrons. The number of anilines is 1. The Hall–Kier alpha value is -3.80. The van der Waals surface area contributed by atoms with Gasteiger partial charge in [0.2, 0.25) is 0 Å². The van der Waals surface area contributed by atoms with Gasteiger partial charge in [-0.15, -0.1) is 0 Å². The molecule has 2 aromatic carbocycles. The van der Waals surface area contributed by atoms with E-state index in [1.807, 2.05) is 42.6 Å². The lowest BCUT2D eigenvalue weighted by Gasteiger charge is -2.10. The highest BCUT2D eigenvalue weighted by atomic mass is 16.2. The Balaban J connectivity index is 1.28. The topological polar surface area (TPSA) is 84.0 Å². The fourth-order valence-corrected chi connectivity index (χ4v) is 3.79. The number of Topliss-reactive ketones (excluding diaryl/α,β-unsaturated/α-hetero) is 1. The first-order chi connectivity index (χ1) is 15.2. The van der Waals surface area contributed by atoms with Crippen LogP contribution in [0.2, 0.25) is 0 Å². The van der Waals surface area contributed by atoms with Crippen molar-refractivity contribution in [1.82, 2.24) is 15.3 Å².